The van der Waals surface area contributed by atoms with Crippen LogP contribution in [0.25, 0.3) is 10.9 Å². The number of nitrogens with zero attached hydrogens (tertiary/aromatic N) is 3. The topological polar surface area (TPSA) is 67.4 Å². The lowest BCUT2D eigenvalue weighted by molar-refractivity contribution is -0.137. The Bertz CT molecular complexity index is 1120. The van der Waals surface area contributed by atoms with Crippen molar-refractivity contribution in [1.82, 2.24) is 20.2 Å². The van der Waals surface area contributed by atoms with Crippen LogP contribution in [0.15, 0.2) is 48.7 Å². The van der Waals surface area contributed by atoms with Crippen LogP contribution in [0.3, 0.4) is 0 Å². The molecule has 168 valence electrons. The molecule has 1 fully saturated rings. The summed E-state index contributed by atoms with van der Waals surface area (Å²) in [6, 6.07) is 10.5. The number of fused-ring (bicyclic) bond motifs is 1. The van der Waals surface area contributed by atoms with Crippen LogP contribution in [0.5, 0.6) is 11.6 Å². The van der Waals surface area contributed by atoms with Gasteiger partial charge in [0.05, 0.1) is 11.1 Å². The number of nitrogens with one attached hydrogen (secondary N) is 1. The summed E-state index contributed by atoms with van der Waals surface area (Å²) in [5.74, 6) is 0.217. The molecule has 1 saturated heterocycles. The Morgan fingerprint density at radius 3 is 2.59 bits per heavy atom. The van der Waals surface area contributed by atoms with E-state index in [1.807, 2.05) is 0 Å². The lowest BCUT2D eigenvalue weighted by Gasteiger charge is -2.45. The van der Waals surface area contributed by atoms with Gasteiger partial charge in [0.25, 0.3) is 5.91 Å². The smallest absolute Gasteiger partial charge is 0.417 e. The number of hydrogen-bond acceptors (Lipinski definition) is 5. The fraction of sp³-hybridized carbons (Fsp3) is 0.348. The van der Waals surface area contributed by atoms with Gasteiger partial charge in [0.15, 0.2) is 0 Å². The number of rotatable bonds is 6. The van der Waals surface area contributed by atoms with E-state index in [4.69, 9.17) is 4.74 Å². The molecule has 3 heterocycles. The predicted octanol–water partition coefficient (Wildman–Crippen LogP) is 4.51. The minimum Gasteiger partial charge on any atom is -0.439 e. The van der Waals surface area contributed by atoms with Gasteiger partial charge in [-0.3, -0.25) is 4.79 Å². The number of carbonyl (C=O) groups is 1. The third kappa shape index (κ3) is 5.16. The molecule has 0 bridgehead atoms. The Morgan fingerprint density at radius 1 is 1.16 bits per heavy atom. The maximum Gasteiger partial charge on any atom is 0.417 e. The maximum atomic E-state index is 12.6. The Morgan fingerprint density at radius 2 is 1.94 bits per heavy atom. The summed E-state index contributed by atoms with van der Waals surface area (Å²) in [5, 5.41) is 3.62. The molecule has 0 atom stereocenters. The standard InChI is InChI=1S/C23H23F3N4O2/c1-22(2)13-30(14-22)10-9-27-21(31)19-6-3-15-11-17(5-7-18(15)29-19)32-20-8-4-16(12-28-20)23(24,25)26/h3-8,11-12H,9-10,13-14H2,1-2H3,(H,27,31). The maximum absolute atomic E-state index is 12.6. The zero-order valence-electron chi connectivity index (χ0n) is 17.7. The SMILES string of the molecule is CC1(C)CN(CCNC(=O)c2ccc3cc(Oc4ccc(C(F)(F)F)cn4)ccc3n2)C1. The fourth-order valence-electron chi connectivity index (χ4n) is 3.76. The Labute approximate surface area is 183 Å². The second kappa shape index (κ2) is 8.38. The average molecular weight is 444 g/mol. The van der Waals surface area contributed by atoms with E-state index in [2.05, 4.69) is 34.0 Å². The first-order chi connectivity index (χ1) is 15.1. The Kier molecular flexibility index (Phi) is 5.77. The van der Waals surface area contributed by atoms with E-state index in [1.165, 1.54) is 6.07 Å². The number of likely N-dealkylation sites (tertiary alicyclic amines) is 1. The van der Waals surface area contributed by atoms with Crippen LogP contribution in [0.1, 0.15) is 29.9 Å². The van der Waals surface area contributed by atoms with Gasteiger partial charge in [0.1, 0.15) is 11.4 Å². The molecule has 2 aromatic heterocycles. The minimum atomic E-state index is -4.45. The third-order valence-corrected chi connectivity index (χ3v) is 5.20. The van der Waals surface area contributed by atoms with Crippen LogP contribution in [-0.2, 0) is 6.18 Å². The van der Waals surface area contributed by atoms with Crippen molar-refractivity contribution >= 4 is 16.8 Å². The van der Waals surface area contributed by atoms with Crippen LogP contribution < -0.4 is 10.1 Å². The molecule has 32 heavy (non-hydrogen) atoms. The molecular formula is C23H23F3N4O2. The first kappa shape index (κ1) is 22.0. The summed E-state index contributed by atoms with van der Waals surface area (Å²) < 4.78 is 43.5. The van der Waals surface area contributed by atoms with Crippen molar-refractivity contribution < 1.29 is 22.7 Å². The molecular weight excluding hydrogens is 421 g/mol. The average Bonchev–Trinajstić information content (AvgIpc) is 2.71. The lowest BCUT2D eigenvalue weighted by atomic mass is 9.84. The molecule has 1 N–H and O–H groups in total. The van der Waals surface area contributed by atoms with E-state index in [1.54, 1.807) is 30.3 Å². The van der Waals surface area contributed by atoms with Crippen LogP contribution in [-0.4, -0.2) is 47.0 Å². The first-order valence-corrected chi connectivity index (χ1v) is 10.2. The summed E-state index contributed by atoms with van der Waals surface area (Å²) in [6.45, 7) is 7.87. The van der Waals surface area contributed by atoms with Gasteiger partial charge in [-0.2, -0.15) is 13.2 Å². The highest BCUT2D eigenvalue weighted by Crippen LogP contribution is 2.31. The number of hydrogen-bond donors (Lipinski definition) is 1. The van der Waals surface area contributed by atoms with E-state index in [0.29, 0.717) is 28.9 Å². The second-order valence-electron chi connectivity index (χ2n) is 8.67. The van der Waals surface area contributed by atoms with Gasteiger partial charge in [-0.05, 0) is 35.7 Å². The predicted molar refractivity (Wildman–Crippen MR) is 114 cm³/mol. The Hall–Kier alpha value is -3.20. The molecule has 6 nitrogen and oxygen atoms in total. The van der Waals surface area contributed by atoms with Gasteiger partial charge in [0, 0.05) is 43.8 Å². The molecule has 1 aromatic carbocycles. The number of alkyl halides is 3. The summed E-state index contributed by atoms with van der Waals surface area (Å²) in [7, 11) is 0. The molecule has 0 unspecified atom stereocenters. The van der Waals surface area contributed by atoms with E-state index in [0.717, 1.165) is 37.3 Å². The molecule has 0 radical (unpaired) electrons. The van der Waals surface area contributed by atoms with E-state index in [9.17, 15) is 18.0 Å². The molecule has 0 aliphatic carbocycles. The van der Waals surface area contributed by atoms with E-state index >= 15 is 0 Å². The monoisotopic (exact) mass is 444 g/mol. The van der Waals surface area contributed by atoms with Gasteiger partial charge in [-0.25, -0.2) is 9.97 Å². The summed E-state index contributed by atoms with van der Waals surface area (Å²) in [4.78, 5) is 22.8. The van der Waals surface area contributed by atoms with Crippen molar-refractivity contribution in [2.45, 2.75) is 20.0 Å². The molecule has 0 saturated carbocycles. The highest BCUT2D eigenvalue weighted by Gasteiger charge is 2.33. The summed E-state index contributed by atoms with van der Waals surface area (Å²) >= 11 is 0. The van der Waals surface area contributed by atoms with E-state index in [-0.39, 0.29) is 11.8 Å². The quantitative estimate of drug-likeness (QED) is 0.606. The van der Waals surface area contributed by atoms with Crippen LogP contribution in [0.2, 0.25) is 0 Å². The number of ether oxygens (including phenoxy) is 1. The highest BCUT2D eigenvalue weighted by molar-refractivity contribution is 5.95. The number of aromatic nitrogens is 2. The largest absolute Gasteiger partial charge is 0.439 e. The van der Waals surface area contributed by atoms with Gasteiger partial charge in [-0.15, -0.1) is 0 Å². The highest BCUT2D eigenvalue weighted by atomic mass is 19.4. The van der Waals surface area contributed by atoms with Crippen molar-refractivity contribution in [3.05, 3.63) is 59.9 Å². The number of benzene rings is 1. The lowest BCUT2D eigenvalue weighted by Crippen LogP contribution is -2.54. The van der Waals surface area contributed by atoms with Gasteiger partial charge >= 0.3 is 6.18 Å². The van der Waals surface area contributed by atoms with Gasteiger partial charge in [-0.1, -0.05) is 19.9 Å². The molecule has 3 aromatic rings. The molecule has 1 aliphatic rings. The summed E-state index contributed by atoms with van der Waals surface area (Å²) in [6.07, 6.45) is -3.72. The molecule has 1 aliphatic heterocycles. The second-order valence-corrected chi connectivity index (χ2v) is 8.67. The van der Waals surface area contributed by atoms with Crippen molar-refractivity contribution in [2.24, 2.45) is 5.41 Å². The Balaban J connectivity index is 1.37. The van der Waals surface area contributed by atoms with Gasteiger partial charge < -0.3 is 15.0 Å². The van der Waals surface area contributed by atoms with Crippen molar-refractivity contribution in [3.8, 4) is 11.6 Å². The fourth-order valence-corrected chi connectivity index (χ4v) is 3.76. The zero-order valence-corrected chi connectivity index (χ0v) is 17.7. The van der Waals surface area contributed by atoms with Crippen molar-refractivity contribution in [3.63, 3.8) is 0 Å². The molecule has 9 heteroatoms. The summed E-state index contributed by atoms with van der Waals surface area (Å²) in [5.41, 5.74) is 0.441. The van der Waals surface area contributed by atoms with Crippen LogP contribution in [0, 0.1) is 5.41 Å². The first-order valence-electron chi connectivity index (χ1n) is 10.2. The normalized spacial score (nSPS) is 15.9. The van der Waals surface area contributed by atoms with E-state index < -0.39 is 11.7 Å². The molecule has 4 rings (SSSR count). The van der Waals surface area contributed by atoms with Crippen molar-refractivity contribution in [1.29, 1.82) is 0 Å². The third-order valence-electron chi connectivity index (χ3n) is 5.20. The van der Waals surface area contributed by atoms with Crippen molar-refractivity contribution in [2.75, 3.05) is 26.2 Å². The number of pyridine rings is 2. The van der Waals surface area contributed by atoms with Crippen LogP contribution >= 0.6 is 0 Å². The molecule has 1 amide bonds. The number of amides is 1. The number of halogens is 3. The number of carbonyl (C=O) groups excluding carboxylic acids is 1. The molecule has 0 spiro atoms. The van der Waals surface area contributed by atoms with Gasteiger partial charge in [0.2, 0.25) is 5.88 Å². The van der Waals surface area contributed by atoms with Crippen LogP contribution in [0.4, 0.5) is 13.2 Å². The zero-order chi connectivity index (χ0) is 22.9. The minimum absolute atomic E-state index is 0.0481.